The van der Waals surface area contributed by atoms with Crippen LogP contribution in [0.1, 0.15) is 20.3 Å². The number of rotatable bonds is 3. The lowest BCUT2D eigenvalue weighted by Crippen LogP contribution is -2.35. The summed E-state index contributed by atoms with van der Waals surface area (Å²) >= 11 is 11.1. The topological polar surface area (TPSA) is 24.1 Å². The Morgan fingerprint density at radius 2 is 2.13 bits per heavy atom. The van der Waals surface area contributed by atoms with E-state index < -0.39 is 0 Å². The van der Waals surface area contributed by atoms with E-state index in [4.69, 9.17) is 23.8 Å². The zero-order chi connectivity index (χ0) is 11.3. The molecule has 0 fully saturated rings. The summed E-state index contributed by atoms with van der Waals surface area (Å²) in [5, 5.41) is 7.51. The van der Waals surface area contributed by atoms with Crippen LogP contribution in [0, 0.1) is 0 Å². The summed E-state index contributed by atoms with van der Waals surface area (Å²) < 4.78 is 0. The molecule has 15 heavy (non-hydrogen) atoms. The van der Waals surface area contributed by atoms with Gasteiger partial charge in [-0.3, -0.25) is 0 Å². The highest BCUT2D eigenvalue weighted by atomic mass is 35.5. The van der Waals surface area contributed by atoms with E-state index in [1.54, 1.807) is 0 Å². The maximum atomic E-state index is 5.99. The van der Waals surface area contributed by atoms with E-state index in [0.717, 1.165) is 12.1 Å². The number of thiocarbonyl (C=S) groups is 1. The molecule has 0 spiro atoms. The number of para-hydroxylation sites is 1. The SMILES string of the molecule is CC[C@H](C)NC(=S)Nc1ccccc1Cl. The normalized spacial score (nSPS) is 11.9. The number of nitrogens with one attached hydrogen (secondary N) is 2. The summed E-state index contributed by atoms with van der Waals surface area (Å²) in [5.74, 6) is 0. The minimum Gasteiger partial charge on any atom is -0.360 e. The van der Waals surface area contributed by atoms with Crippen molar-refractivity contribution < 1.29 is 0 Å². The molecule has 1 aromatic carbocycles. The molecule has 0 bridgehead atoms. The molecule has 1 rings (SSSR count). The maximum absolute atomic E-state index is 5.99. The van der Waals surface area contributed by atoms with Crippen LogP contribution < -0.4 is 10.6 Å². The van der Waals surface area contributed by atoms with Crippen LogP contribution in [-0.2, 0) is 0 Å². The van der Waals surface area contributed by atoms with Gasteiger partial charge in [0.25, 0.3) is 0 Å². The van der Waals surface area contributed by atoms with Crippen molar-refractivity contribution in [2.45, 2.75) is 26.3 Å². The van der Waals surface area contributed by atoms with Gasteiger partial charge in [-0.05, 0) is 37.7 Å². The fourth-order valence-corrected chi connectivity index (χ4v) is 1.54. The summed E-state index contributed by atoms with van der Waals surface area (Å²) in [6.07, 6.45) is 1.03. The number of anilines is 1. The molecule has 0 radical (unpaired) electrons. The second kappa shape index (κ2) is 5.93. The van der Waals surface area contributed by atoms with Gasteiger partial charge in [0.1, 0.15) is 0 Å². The molecule has 0 aliphatic heterocycles. The predicted octanol–water partition coefficient (Wildman–Crippen LogP) is 3.42. The fourth-order valence-electron chi connectivity index (χ4n) is 1.05. The van der Waals surface area contributed by atoms with Gasteiger partial charge in [-0.2, -0.15) is 0 Å². The average molecular weight is 243 g/mol. The lowest BCUT2D eigenvalue weighted by atomic mass is 10.3. The fraction of sp³-hybridized carbons (Fsp3) is 0.364. The van der Waals surface area contributed by atoms with Crippen LogP contribution in [0.25, 0.3) is 0 Å². The lowest BCUT2D eigenvalue weighted by molar-refractivity contribution is 0.646. The second-order valence-electron chi connectivity index (χ2n) is 3.39. The molecule has 0 amide bonds. The van der Waals surface area contributed by atoms with Gasteiger partial charge in [-0.25, -0.2) is 0 Å². The molecule has 0 saturated carbocycles. The summed E-state index contributed by atoms with van der Waals surface area (Å²) in [4.78, 5) is 0. The van der Waals surface area contributed by atoms with E-state index in [-0.39, 0.29) is 0 Å². The Morgan fingerprint density at radius 3 is 2.73 bits per heavy atom. The Labute approximate surface area is 101 Å². The van der Waals surface area contributed by atoms with Crippen LogP contribution in [0.15, 0.2) is 24.3 Å². The van der Waals surface area contributed by atoms with Gasteiger partial charge < -0.3 is 10.6 Å². The molecule has 0 unspecified atom stereocenters. The number of hydrogen-bond acceptors (Lipinski definition) is 1. The number of hydrogen-bond donors (Lipinski definition) is 2. The van der Waals surface area contributed by atoms with E-state index in [2.05, 4.69) is 24.5 Å². The van der Waals surface area contributed by atoms with E-state index in [1.165, 1.54) is 0 Å². The monoisotopic (exact) mass is 242 g/mol. The van der Waals surface area contributed by atoms with Crippen LogP contribution >= 0.6 is 23.8 Å². The molecule has 1 aromatic rings. The number of benzene rings is 1. The van der Waals surface area contributed by atoms with Crippen molar-refractivity contribution in [1.29, 1.82) is 0 Å². The molecule has 82 valence electrons. The molecule has 0 saturated heterocycles. The van der Waals surface area contributed by atoms with Gasteiger partial charge in [0, 0.05) is 6.04 Å². The van der Waals surface area contributed by atoms with E-state index in [9.17, 15) is 0 Å². The quantitative estimate of drug-likeness (QED) is 0.795. The van der Waals surface area contributed by atoms with Crippen molar-refractivity contribution in [3.8, 4) is 0 Å². The van der Waals surface area contributed by atoms with Crippen molar-refractivity contribution in [3.63, 3.8) is 0 Å². The van der Waals surface area contributed by atoms with Crippen LogP contribution in [-0.4, -0.2) is 11.2 Å². The first-order valence-electron chi connectivity index (χ1n) is 4.95. The Morgan fingerprint density at radius 1 is 1.47 bits per heavy atom. The van der Waals surface area contributed by atoms with E-state index in [1.807, 2.05) is 24.3 Å². The average Bonchev–Trinajstić information content (AvgIpc) is 2.21. The van der Waals surface area contributed by atoms with Crippen LogP contribution in [0.3, 0.4) is 0 Å². The predicted molar refractivity (Wildman–Crippen MR) is 70.6 cm³/mol. The van der Waals surface area contributed by atoms with Gasteiger partial charge >= 0.3 is 0 Å². The summed E-state index contributed by atoms with van der Waals surface area (Å²) in [6, 6.07) is 7.90. The van der Waals surface area contributed by atoms with Crippen molar-refractivity contribution in [2.24, 2.45) is 0 Å². The zero-order valence-electron chi connectivity index (χ0n) is 8.88. The van der Waals surface area contributed by atoms with Gasteiger partial charge in [-0.15, -0.1) is 0 Å². The van der Waals surface area contributed by atoms with Crippen molar-refractivity contribution in [3.05, 3.63) is 29.3 Å². The second-order valence-corrected chi connectivity index (χ2v) is 4.20. The van der Waals surface area contributed by atoms with E-state index >= 15 is 0 Å². The molecule has 2 nitrogen and oxygen atoms in total. The van der Waals surface area contributed by atoms with Crippen molar-refractivity contribution >= 4 is 34.6 Å². The molecule has 0 heterocycles. The third kappa shape index (κ3) is 4.06. The first-order valence-corrected chi connectivity index (χ1v) is 5.74. The van der Waals surface area contributed by atoms with Crippen LogP contribution in [0.4, 0.5) is 5.69 Å². The van der Waals surface area contributed by atoms with Crippen LogP contribution in [0.2, 0.25) is 5.02 Å². The van der Waals surface area contributed by atoms with Crippen molar-refractivity contribution in [2.75, 3.05) is 5.32 Å². The van der Waals surface area contributed by atoms with Crippen molar-refractivity contribution in [1.82, 2.24) is 5.32 Å². The van der Waals surface area contributed by atoms with Crippen LogP contribution in [0.5, 0.6) is 0 Å². The molecule has 0 aliphatic rings. The highest BCUT2D eigenvalue weighted by Crippen LogP contribution is 2.20. The molecule has 0 aromatic heterocycles. The van der Waals surface area contributed by atoms with Gasteiger partial charge in [0.2, 0.25) is 0 Å². The zero-order valence-corrected chi connectivity index (χ0v) is 10.5. The summed E-state index contributed by atoms with van der Waals surface area (Å²) in [7, 11) is 0. The van der Waals surface area contributed by atoms with Gasteiger partial charge in [-0.1, -0.05) is 30.7 Å². The highest BCUT2D eigenvalue weighted by molar-refractivity contribution is 7.80. The minimum absolute atomic E-state index is 0.368. The molecule has 0 aliphatic carbocycles. The Kier molecular flexibility index (Phi) is 4.85. The maximum Gasteiger partial charge on any atom is 0.171 e. The van der Waals surface area contributed by atoms with E-state index in [0.29, 0.717) is 16.2 Å². The van der Waals surface area contributed by atoms with Gasteiger partial charge in [0.05, 0.1) is 10.7 Å². The third-order valence-electron chi connectivity index (χ3n) is 2.11. The third-order valence-corrected chi connectivity index (χ3v) is 2.66. The first-order chi connectivity index (χ1) is 7.13. The lowest BCUT2D eigenvalue weighted by Gasteiger charge is -2.15. The molecule has 2 N–H and O–H groups in total. The highest BCUT2D eigenvalue weighted by Gasteiger charge is 2.03. The Hall–Kier alpha value is -0.800. The summed E-state index contributed by atoms with van der Waals surface area (Å²) in [5.41, 5.74) is 0.833. The van der Waals surface area contributed by atoms with Gasteiger partial charge in [0.15, 0.2) is 5.11 Å². The standard InChI is InChI=1S/C11H15ClN2S/c1-3-8(2)13-11(15)14-10-7-5-4-6-9(10)12/h4-8H,3H2,1-2H3,(H2,13,14,15)/t8-/m0/s1. The smallest absolute Gasteiger partial charge is 0.171 e. The first kappa shape index (κ1) is 12.3. The molecule has 4 heteroatoms. The molecular weight excluding hydrogens is 228 g/mol. The molecular formula is C11H15ClN2S. The minimum atomic E-state index is 0.368. The Bertz CT molecular complexity index is 341. The molecule has 1 atom stereocenters. The Balaban J connectivity index is 2.55. The summed E-state index contributed by atoms with van der Waals surface area (Å²) in [6.45, 7) is 4.19. The number of halogens is 1. The largest absolute Gasteiger partial charge is 0.360 e.